The number of amides is 1. The van der Waals surface area contributed by atoms with E-state index in [0.717, 1.165) is 12.7 Å². The first kappa shape index (κ1) is 17.5. The molecule has 0 heterocycles. The van der Waals surface area contributed by atoms with E-state index in [4.69, 9.17) is 10.5 Å². The summed E-state index contributed by atoms with van der Waals surface area (Å²) in [5, 5.41) is 2.77. The Morgan fingerprint density at radius 3 is 2.48 bits per heavy atom. The summed E-state index contributed by atoms with van der Waals surface area (Å²) in [5.41, 5.74) is 5.33. The number of ether oxygens (including phenoxy) is 1. The van der Waals surface area contributed by atoms with Crippen LogP contribution in [-0.2, 0) is 14.6 Å². The fraction of sp³-hybridized carbons (Fsp3) is 0.500. The molecule has 21 heavy (non-hydrogen) atoms. The van der Waals surface area contributed by atoms with Crippen molar-refractivity contribution in [1.82, 2.24) is 5.32 Å². The molecule has 0 aromatic heterocycles. The number of rotatable bonds is 9. The summed E-state index contributed by atoms with van der Waals surface area (Å²) in [6.07, 6.45) is 2.93. The molecule has 0 saturated carbocycles. The SMILES string of the molecule is CS(=O)(=O)c1ccc(OCCCC(=O)NCCCN)cc1. The van der Waals surface area contributed by atoms with Gasteiger partial charge in [0.25, 0.3) is 0 Å². The van der Waals surface area contributed by atoms with Gasteiger partial charge in [-0.05, 0) is 43.7 Å². The minimum absolute atomic E-state index is 0.0144. The monoisotopic (exact) mass is 314 g/mol. The van der Waals surface area contributed by atoms with Gasteiger partial charge in [-0.25, -0.2) is 8.42 Å². The molecule has 1 aromatic rings. The molecule has 0 radical (unpaired) electrons. The zero-order valence-electron chi connectivity index (χ0n) is 12.2. The van der Waals surface area contributed by atoms with Gasteiger partial charge in [-0.2, -0.15) is 0 Å². The van der Waals surface area contributed by atoms with Crippen molar-refractivity contribution in [2.45, 2.75) is 24.2 Å². The fourth-order valence-corrected chi connectivity index (χ4v) is 2.25. The van der Waals surface area contributed by atoms with Gasteiger partial charge in [0, 0.05) is 19.2 Å². The Bertz CT molecular complexity index is 541. The van der Waals surface area contributed by atoms with E-state index in [0.29, 0.717) is 38.3 Å². The average molecular weight is 314 g/mol. The second-order valence-electron chi connectivity index (χ2n) is 4.69. The Labute approximate surface area is 125 Å². The largest absolute Gasteiger partial charge is 0.494 e. The Hall–Kier alpha value is -1.60. The zero-order chi connectivity index (χ0) is 15.7. The first-order chi connectivity index (χ1) is 9.93. The number of carbonyl (C=O) groups is 1. The van der Waals surface area contributed by atoms with Crippen molar-refractivity contribution in [2.24, 2.45) is 5.73 Å². The summed E-state index contributed by atoms with van der Waals surface area (Å²) >= 11 is 0. The van der Waals surface area contributed by atoms with E-state index in [1.807, 2.05) is 0 Å². The number of hydrogen-bond donors (Lipinski definition) is 2. The topological polar surface area (TPSA) is 98.5 Å². The molecular weight excluding hydrogens is 292 g/mol. The molecule has 0 aliphatic heterocycles. The Morgan fingerprint density at radius 2 is 1.90 bits per heavy atom. The molecule has 3 N–H and O–H groups in total. The van der Waals surface area contributed by atoms with E-state index in [-0.39, 0.29) is 10.8 Å². The molecule has 0 fully saturated rings. The summed E-state index contributed by atoms with van der Waals surface area (Å²) in [7, 11) is -3.18. The number of nitrogens with two attached hydrogens (primary N) is 1. The van der Waals surface area contributed by atoms with Crippen LogP contribution in [0.15, 0.2) is 29.2 Å². The van der Waals surface area contributed by atoms with Crippen molar-refractivity contribution in [3.05, 3.63) is 24.3 Å². The molecule has 0 aliphatic carbocycles. The summed E-state index contributed by atoms with van der Waals surface area (Å²) in [6.45, 7) is 1.57. The minimum Gasteiger partial charge on any atom is -0.494 e. The van der Waals surface area contributed by atoms with E-state index in [1.54, 1.807) is 12.1 Å². The van der Waals surface area contributed by atoms with Crippen LogP contribution in [-0.4, -0.2) is 40.3 Å². The molecule has 1 amide bonds. The number of sulfone groups is 1. The van der Waals surface area contributed by atoms with Gasteiger partial charge in [0.2, 0.25) is 5.91 Å². The third kappa shape index (κ3) is 7.10. The maximum atomic E-state index is 11.4. The van der Waals surface area contributed by atoms with Gasteiger partial charge in [0.1, 0.15) is 5.75 Å². The van der Waals surface area contributed by atoms with E-state index in [1.165, 1.54) is 12.1 Å². The quantitative estimate of drug-likeness (QED) is 0.654. The standard InChI is InChI=1S/C14H22N2O4S/c1-21(18,19)13-7-5-12(6-8-13)20-11-2-4-14(17)16-10-3-9-15/h5-8H,2-4,9-11,15H2,1H3,(H,16,17). The molecule has 1 rings (SSSR count). The highest BCUT2D eigenvalue weighted by atomic mass is 32.2. The molecule has 7 heteroatoms. The van der Waals surface area contributed by atoms with Crippen molar-refractivity contribution in [3.8, 4) is 5.75 Å². The summed E-state index contributed by atoms with van der Waals surface area (Å²) < 4.78 is 28.0. The summed E-state index contributed by atoms with van der Waals surface area (Å²) in [4.78, 5) is 11.7. The van der Waals surface area contributed by atoms with Gasteiger partial charge < -0.3 is 15.8 Å². The van der Waals surface area contributed by atoms with Crippen LogP contribution >= 0.6 is 0 Å². The highest BCUT2D eigenvalue weighted by Crippen LogP contribution is 2.16. The van der Waals surface area contributed by atoms with Gasteiger partial charge in [-0.1, -0.05) is 0 Å². The molecule has 1 aromatic carbocycles. The van der Waals surface area contributed by atoms with Gasteiger partial charge in [-0.15, -0.1) is 0 Å². The molecule has 6 nitrogen and oxygen atoms in total. The van der Waals surface area contributed by atoms with Crippen LogP contribution in [0.3, 0.4) is 0 Å². The first-order valence-corrected chi connectivity index (χ1v) is 8.72. The Kier molecular flexibility index (Phi) is 7.18. The van der Waals surface area contributed by atoms with Crippen molar-refractivity contribution < 1.29 is 17.9 Å². The number of hydrogen-bond acceptors (Lipinski definition) is 5. The second kappa shape index (κ2) is 8.63. The smallest absolute Gasteiger partial charge is 0.220 e. The molecule has 0 atom stereocenters. The van der Waals surface area contributed by atoms with Crippen LogP contribution in [0.1, 0.15) is 19.3 Å². The molecule has 118 valence electrons. The van der Waals surface area contributed by atoms with Crippen LogP contribution in [0.25, 0.3) is 0 Å². The summed E-state index contributed by atoms with van der Waals surface area (Å²) in [6, 6.07) is 6.23. The van der Waals surface area contributed by atoms with Gasteiger partial charge in [0.15, 0.2) is 9.84 Å². The third-order valence-electron chi connectivity index (χ3n) is 2.77. The van der Waals surface area contributed by atoms with Gasteiger partial charge in [-0.3, -0.25) is 4.79 Å². The molecule has 0 aliphatic rings. The lowest BCUT2D eigenvalue weighted by atomic mass is 10.3. The molecule has 0 saturated heterocycles. The third-order valence-corrected chi connectivity index (χ3v) is 3.90. The van der Waals surface area contributed by atoms with Gasteiger partial charge in [0.05, 0.1) is 11.5 Å². The lowest BCUT2D eigenvalue weighted by Crippen LogP contribution is -2.26. The second-order valence-corrected chi connectivity index (χ2v) is 6.70. The van der Waals surface area contributed by atoms with Crippen LogP contribution in [0.2, 0.25) is 0 Å². The maximum absolute atomic E-state index is 11.4. The Morgan fingerprint density at radius 1 is 1.24 bits per heavy atom. The predicted molar refractivity (Wildman–Crippen MR) is 81.0 cm³/mol. The van der Waals surface area contributed by atoms with E-state index in [9.17, 15) is 13.2 Å². The highest BCUT2D eigenvalue weighted by Gasteiger charge is 2.06. The van der Waals surface area contributed by atoms with Crippen molar-refractivity contribution in [3.63, 3.8) is 0 Å². The van der Waals surface area contributed by atoms with Crippen molar-refractivity contribution in [2.75, 3.05) is 26.0 Å². The normalized spacial score (nSPS) is 11.1. The van der Waals surface area contributed by atoms with E-state index >= 15 is 0 Å². The van der Waals surface area contributed by atoms with Gasteiger partial charge >= 0.3 is 0 Å². The van der Waals surface area contributed by atoms with E-state index < -0.39 is 9.84 Å². The maximum Gasteiger partial charge on any atom is 0.220 e. The molecule has 0 unspecified atom stereocenters. The summed E-state index contributed by atoms with van der Waals surface area (Å²) in [5.74, 6) is 0.574. The van der Waals surface area contributed by atoms with Crippen molar-refractivity contribution >= 4 is 15.7 Å². The van der Waals surface area contributed by atoms with Crippen LogP contribution in [0.5, 0.6) is 5.75 Å². The van der Waals surface area contributed by atoms with E-state index in [2.05, 4.69) is 5.32 Å². The predicted octanol–water partition coefficient (Wildman–Crippen LogP) is 0.714. The minimum atomic E-state index is -3.18. The first-order valence-electron chi connectivity index (χ1n) is 6.83. The van der Waals surface area contributed by atoms with Crippen molar-refractivity contribution in [1.29, 1.82) is 0 Å². The molecular formula is C14H22N2O4S. The lowest BCUT2D eigenvalue weighted by molar-refractivity contribution is -0.121. The fourth-order valence-electron chi connectivity index (χ4n) is 1.62. The molecule has 0 spiro atoms. The number of carbonyl (C=O) groups excluding carboxylic acids is 1. The lowest BCUT2D eigenvalue weighted by Gasteiger charge is -2.07. The Balaban J connectivity index is 2.25. The average Bonchev–Trinajstić information content (AvgIpc) is 2.43. The molecule has 0 bridgehead atoms. The number of nitrogens with one attached hydrogen (secondary N) is 1. The van der Waals surface area contributed by atoms with Crippen LogP contribution in [0, 0.1) is 0 Å². The highest BCUT2D eigenvalue weighted by molar-refractivity contribution is 7.90. The zero-order valence-corrected chi connectivity index (χ0v) is 13.0. The van der Waals surface area contributed by atoms with Crippen LogP contribution in [0.4, 0.5) is 0 Å². The number of benzene rings is 1. The van der Waals surface area contributed by atoms with Crippen LogP contribution < -0.4 is 15.8 Å².